The second-order valence-electron chi connectivity index (χ2n) is 3.01. The maximum Gasteiger partial charge on any atom is 0.307 e. The Balaban J connectivity index is 2.80. The van der Waals surface area contributed by atoms with Gasteiger partial charge in [0, 0.05) is 4.47 Å². The van der Waals surface area contributed by atoms with Crippen molar-refractivity contribution in [3.63, 3.8) is 0 Å². The molecule has 0 aliphatic heterocycles. The van der Waals surface area contributed by atoms with E-state index in [-0.39, 0.29) is 12.4 Å². The number of carbonyl (C=O) groups is 1. The van der Waals surface area contributed by atoms with E-state index in [1.165, 1.54) is 7.11 Å². The normalized spacial score (nSPS) is 11.5. The average Bonchev–Trinajstić information content (AvgIpc) is 2.27. The Labute approximate surface area is 96.8 Å². The maximum atomic E-state index is 11.0. The Morgan fingerprint density at radius 2 is 2.13 bits per heavy atom. The summed E-state index contributed by atoms with van der Waals surface area (Å²) in [6, 6.07) is 9.42. The third-order valence-corrected chi connectivity index (χ3v) is 2.56. The predicted octanol–water partition coefficient (Wildman–Crippen LogP) is 2.62. The largest absolute Gasteiger partial charge is 0.469 e. The van der Waals surface area contributed by atoms with Gasteiger partial charge in [-0.3, -0.25) is 4.79 Å². The molecule has 0 spiro atoms. The molecule has 3 nitrogen and oxygen atoms in total. The molecule has 78 valence electrons. The van der Waals surface area contributed by atoms with Crippen molar-refractivity contribution in [1.82, 2.24) is 0 Å². The van der Waals surface area contributed by atoms with Gasteiger partial charge >= 0.3 is 5.97 Å². The van der Waals surface area contributed by atoms with Crippen LogP contribution in [0.1, 0.15) is 17.9 Å². The Morgan fingerprint density at radius 3 is 2.60 bits per heavy atom. The van der Waals surface area contributed by atoms with Gasteiger partial charge < -0.3 is 4.74 Å². The van der Waals surface area contributed by atoms with Crippen LogP contribution in [0.25, 0.3) is 0 Å². The summed E-state index contributed by atoms with van der Waals surface area (Å²) >= 11 is 3.31. The summed E-state index contributed by atoms with van der Waals surface area (Å²) in [4.78, 5) is 11.0. The molecule has 15 heavy (non-hydrogen) atoms. The van der Waals surface area contributed by atoms with E-state index in [2.05, 4.69) is 26.7 Å². The van der Waals surface area contributed by atoms with Crippen LogP contribution in [0.4, 0.5) is 0 Å². The average molecular weight is 268 g/mol. The predicted molar refractivity (Wildman–Crippen MR) is 59.1 cm³/mol. The molecule has 4 heteroatoms. The van der Waals surface area contributed by atoms with Crippen molar-refractivity contribution in [2.24, 2.45) is 0 Å². The van der Waals surface area contributed by atoms with Crippen LogP contribution >= 0.6 is 15.9 Å². The Morgan fingerprint density at radius 1 is 1.53 bits per heavy atom. The van der Waals surface area contributed by atoms with Crippen molar-refractivity contribution < 1.29 is 9.53 Å². The van der Waals surface area contributed by atoms with Gasteiger partial charge in [-0.1, -0.05) is 28.1 Å². The minimum absolute atomic E-state index is 0.0919. The van der Waals surface area contributed by atoms with E-state index in [1.807, 2.05) is 24.3 Å². The van der Waals surface area contributed by atoms with E-state index in [9.17, 15) is 4.79 Å². The maximum absolute atomic E-state index is 11.0. The molecule has 0 heterocycles. The third-order valence-electron chi connectivity index (χ3n) is 2.03. The van der Waals surface area contributed by atoms with E-state index >= 15 is 0 Å². The van der Waals surface area contributed by atoms with Gasteiger partial charge in [0.1, 0.15) is 0 Å². The second kappa shape index (κ2) is 5.52. The number of benzene rings is 1. The number of halogens is 1. The van der Waals surface area contributed by atoms with E-state index in [0.717, 1.165) is 10.0 Å². The molecule has 0 radical (unpaired) electrons. The molecule has 0 aromatic heterocycles. The van der Waals surface area contributed by atoms with Crippen LogP contribution in [0.3, 0.4) is 0 Å². The number of ether oxygens (including phenoxy) is 1. The lowest BCUT2D eigenvalue weighted by atomic mass is 9.97. The number of esters is 1. The van der Waals surface area contributed by atoms with Crippen molar-refractivity contribution in [3.05, 3.63) is 34.3 Å². The lowest BCUT2D eigenvalue weighted by Gasteiger charge is -2.07. The minimum atomic E-state index is -0.439. The Bertz CT molecular complexity index is 381. The highest BCUT2D eigenvalue weighted by Gasteiger charge is 2.15. The van der Waals surface area contributed by atoms with Gasteiger partial charge in [0.2, 0.25) is 0 Å². The molecule has 0 saturated heterocycles. The number of hydrogen-bond acceptors (Lipinski definition) is 3. The van der Waals surface area contributed by atoms with Crippen molar-refractivity contribution in [2.75, 3.05) is 7.11 Å². The lowest BCUT2D eigenvalue weighted by molar-refractivity contribution is -0.140. The fourth-order valence-electron chi connectivity index (χ4n) is 1.18. The number of nitriles is 1. The Hall–Kier alpha value is -1.34. The molecule has 0 saturated carbocycles. The molecule has 1 aromatic carbocycles. The first kappa shape index (κ1) is 11.7. The number of methoxy groups -OCH3 is 1. The molecule has 1 rings (SSSR count). The fraction of sp³-hybridized carbons (Fsp3) is 0.273. The molecule has 0 fully saturated rings. The highest BCUT2D eigenvalue weighted by atomic mass is 79.9. The summed E-state index contributed by atoms with van der Waals surface area (Å²) in [5, 5.41) is 8.92. The third kappa shape index (κ3) is 3.37. The van der Waals surface area contributed by atoms with E-state index in [4.69, 9.17) is 5.26 Å². The van der Waals surface area contributed by atoms with E-state index < -0.39 is 5.92 Å². The van der Waals surface area contributed by atoms with Crippen LogP contribution in [0, 0.1) is 11.3 Å². The first-order valence-corrected chi connectivity index (χ1v) is 5.18. The quantitative estimate of drug-likeness (QED) is 0.792. The molecule has 0 aliphatic carbocycles. The van der Waals surface area contributed by atoms with Crippen LogP contribution in [0.5, 0.6) is 0 Å². The fourth-order valence-corrected chi connectivity index (χ4v) is 1.45. The van der Waals surface area contributed by atoms with Crippen LogP contribution < -0.4 is 0 Å². The summed E-state index contributed by atoms with van der Waals surface area (Å²) in [5.74, 6) is -0.810. The standard InChI is InChI=1S/C11H10BrNO2/c1-15-11(14)6-9(7-13)8-2-4-10(12)5-3-8/h2-5,9H,6H2,1H3. The SMILES string of the molecule is COC(=O)CC(C#N)c1ccc(Br)cc1. The van der Waals surface area contributed by atoms with Crippen molar-refractivity contribution in [3.8, 4) is 6.07 Å². The molecule has 1 aromatic rings. The smallest absolute Gasteiger partial charge is 0.307 e. The summed E-state index contributed by atoms with van der Waals surface area (Å²) in [7, 11) is 1.32. The number of carbonyl (C=O) groups excluding carboxylic acids is 1. The monoisotopic (exact) mass is 267 g/mol. The van der Waals surface area contributed by atoms with Crippen molar-refractivity contribution in [2.45, 2.75) is 12.3 Å². The topological polar surface area (TPSA) is 50.1 Å². The molecule has 1 unspecified atom stereocenters. The van der Waals surface area contributed by atoms with Gasteiger partial charge in [-0.25, -0.2) is 0 Å². The summed E-state index contributed by atoms with van der Waals surface area (Å²) in [6.07, 6.45) is 0.0919. The van der Waals surface area contributed by atoms with Crippen molar-refractivity contribution in [1.29, 1.82) is 5.26 Å². The molecular weight excluding hydrogens is 258 g/mol. The first-order chi connectivity index (χ1) is 7.17. The number of rotatable bonds is 3. The van der Waals surface area contributed by atoms with Crippen LogP contribution in [0.2, 0.25) is 0 Å². The van der Waals surface area contributed by atoms with Crippen LogP contribution in [0.15, 0.2) is 28.7 Å². The van der Waals surface area contributed by atoms with Crippen molar-refractivity contribution >= 4 is 21.9 Å². The number of nitrogens with zero attached hydrogens (tertiary/aromatic N) is 1. The van der Waals surface area contributed by atoms with Gasteiger partial charge in [0.15, 0.2) is 0 Å². The van der Waals surface area contributed by atoms with Crippen LogP contribution in [-0.4, -0.2) is 13.1 Å². The zero-order valence-electron chi connectivity index (χ0n) is 8.24. The van der Waals surface area contributed by atoms with E-state index in [1.54, 1.807) is 0 Å². The van der Waals surface area contributed by atoms with E-state index in [0.29, 0.717) is 0 Å². The summed E-state index contributed by atoms with van der Waals surface area (Å²) < 4.78 is 5.47. The Kier molecular flexibility index (Phi) is 4.32. The molecule has 1 atom stereocenters. The molecular formula is C11H10BrNO2. The lowest BCUT2D eigenvalue weighted by Crippen LogP contribution is -2.07. The van der Waals surface area contributed by atoms with Gasteiger partial charge in [-0.05, 0) is 17.7 Å². The molecule has 0 N–H and O–H groups in total. The zero-order chi connectivity index (χ0) is 11.3. The molecule has 0 amide bonds. The zero-order valence-corrected chi connectivity index (χ0v) is 9.82. The first-order valence-electron chi connectivity index (χ1n) is 4.39. The number of hydrogen-bond donors (Lipinski definition) is 0. The highest BCUT2D eigenvalue weighted by molar-refractivity contribution is 9.10. The van der Waals surface area contributed by atoms with Gasteiger partial charge in [0.25, 0.3) is 0 Å². The second-order valence-corrected chi connectivity index (χ2v) is 3.93. The van der Waals surface area contributed by atoms with Gasteiger partial charge in [0.05, 0.1) is 25.5 Å². The van der Waals surface area contributed by atoms with Gasteiger partial charge in [-0.2, -0.15) is 5.26 Å². The van der Waals surface area contributed by atoms with Gasteiger partial charge in [-0.15, -0.1) is 0 Å². The molecule has 0 bridgehead atoms. The highest BCUT2D eigenvalue weighted by Crippen LogP contribution is 2.21. The molecule has 0 aliphatic rings. The minimum Gasteiger partial charge on any atom is -0.469 e. The summed E-state index contributed by atoms with van der Waals surface area (Å²) in [5.41, 5.74) is 0.825. The summed E-state index contributed by atoms with van der Waals surface area (Å²) in [6.45, 7) is 0. The van der Waals surface area contributed by atoms with Crippen LogP contribution in [-0.2, 0) is 9.53 Å².